The number of aryl methyl sites for hydroxylation is 2. The molecule has 6 nitrogen and oxygen atoms in total. The van der Waals surface area contributed by atoms with E-state index >= 15 is 0 Å². The fourth-order valence-electron chi connectivity index (χ4n) is 4.16. The van der Waals surface area contributed by atoms with Gasteiger partial charge in [0, 0.05) is 17.5 Å². The molecule has 0 spiro atoms. The standard InChI is InChI=1S/C23H21ClN4O2/c1-14-21(15(2)30-27-14)17-8-9-19-18(12-17)22(26-23(24)25-19)28-10-11-29-13-20(28)16-6-4-3-5-7-16/h3-9,12,20H,10-11,13H2,1-2H3/t20-/m1/s1. The zero-order chi connectivity index (χ0) is 20.7. The Kier molecular flexibility index (Phi) is 4.89. The van der Waals surface area contributed by atoms with Gasteiger partial charge in [-0.05, 0) is 48.7 Å². The van der Waals surface area contributed by atoms with Crippen LogP contribution < -0.4 is 4.90 Å². The van der Waals surface area contributed by atoms with E-state index in [0.717, 1.165) is 45.8 Å². The minimum Gasteiger partial charge on any atom is -0.377 e. The van der Waals surface area contributed by atoms with Crippen LogP contribution in [0.3, 0.4) is 0 Å². The van der Waals surface area contributed by atoms with Gasteiger partial charge < -0.3 is 14.2 Å². The predicted molar refractivity (Wildman–Crippen MR) is 117 cm³/mol. The molecule has 1 aliphatic rings. The lowest BCUT2D eigenvalue weighted by Crippen LogP contribution is -2.40. The largest absolute Gasteiger partial charge is 0.377 e. The van der Waals surface area contributed by atoms with E-state index in [9.17, 15) is 0 Å². The summed E-state index contributed by atoms with van der Waals surface area (Å²) in [5, 5.41) is 5.28. The van der Waals surface area contributed by atoms with Crippen LogP contribution in [0.25, 0.3) is 22.0 Å². The summed E-state index contributed by atoms with van der Waals surface area (Å²) in [6.45, 7) is 5.82. The Morgan fingerprint density at radius 3 is 2.67 bits per heavy atom. The van der Waals surface area contributed by atoms with Crippen molar-refractivity contribution in [3.63, 3.8) is 0 Å². The number of anilines is 1. The van der Waals surface area contributed by atoms with Gasteiger partial charge in [-0.15, -0.1) is 0 Å². The molecule has 2 aromatic heterocycles. The number of benzene rings is 2. The van der Waals surface area contributed by atoms with Crippen LogP contribution in [0.1, 0.15) is 23.1 Å². The first kappa shape index (κ1) is 19.0. The lowest BCUT2D eigenvalue weighted by molar-refractivity contribution is 0.0939. The van der Waals surface area contributed by atoms with E-state index in [1.807, 2.05) is 44.2 Å². The van der Waals surface area contributed by atoms with E-state index in [0.29, 0.717) is 13.2 Å². The third kappa shape index (κ3) is 3.32. The molecule has 5 rings (SSSR count). The summed E-state index contributed by atoms with van der Waals surface area (Å²) in [7, 11) is 0. The molecule has 7 heteroatoms. The number of halogens is 1. The smallest absolute Gasteiger partial charge is 0.224 e. The molecule has 2 aromatic carbocycles. The van der Waals surface area contributed by atoms with Crippen molar-refractivity contribution >= 4 is 28.3 Å². The molecular formula is C23H21ClN4O2. The fourth-order valence-corrected chi connectivity index (χ4v) is 4.33. The van der Waals surface area contributed by atoms with Crippen molar-refractivity contribution in [3.8, 4) is 11.1 Å². The normalized spacial score (nSPS) is 16.9. The maximum atomic E-state index is 6.32. The zero-order valence-electron chi connectivity index (χ0n) is 16.8. The first-order valence-corrected chi connectivity index (χ1v) is 10.3. The summed E-state index contributed by atoms with van der Waals surface area (Å²) in [4.78, 5) is 11.4. The van der Waals surface area contributed by atoms with Gasteiger partial charge in [0.1, 0.15) is 11.6 Å². The highest BCUT2D eigenvalue weighted by atomic mass is 35.5. The Morgan fingerprint density at radius 1 is 1.07 bits per heavy atom. The second kappa shape index (κ2) is 7.70. The van der Waals surface area contributed by atoms with E-state index in [1.54, 1.807) is 0 Å². The maximum Gasteiger partial charge on any atom is 0.224 e. The molecule has 4 aromatic rings. The second-order valence-electron chi connectivity index (χ2n) is 7.44. The molecule has 30 heavy (non-hydrogen) atoms. The van der Waals surface area contributed by atoms with Crippen molar-refractivity contribution in [3.05, 3.63) is 70.8 Å². The number of fused-ring (bicyclic) bond motifs is 1. The predicted octanol–water partition coefficient (Wildman–Crippen LogP) is 5.13. The molecule has 3 heterocycles. The Hall–Kier alpha value is -2.96. The zero-order valence-corrected chi connectivity index (χ0v) is 17.6. The van der Waals surface area contributed by atoms with Gasteiger partial charge in [-0.3, -0.25) is 0 Å². The minimum atomic E-state index is 0.0526. The van der Waals surface area contributed by atoms with Gasteiger partial charge in [-0.2, -0.15) is 4.98 Å². The molecule has 0 aliphatic carbocycles. The van der Waals surface area contributed by atoms with E-state index in [1.165, 1.54) is 5.56 Å². The number of morpholine rings is 1. The van der Waals surface area contributed by atoms with Crippen LogP contribution in [0.4, 0.5) is 5.82 Å². The number of rotatable bonds is 3. The molecular weight excluding hydrogens is 400 g/mol. The molecule has 0 saturated carbocycles. The molecule has 152 valence electrons. The molecule has 1 fully saturated rings. The average molecular weight is 421 g/mol. The van der Waals surface area contributed by atoms with Crippen molar-refractivity contribution in [1.29, 1.82) is 0 Å². The summed E-state index contributed by atoms with van der Waals surface area (Å²) >= 11 is 6.32. The molecule has 0 bridgehead atoms. The van der Waals surface area contributed by atoms with Gasteiger partial charge in [-0.1, -0.05) is 41.6 Å². The number of hydrogen-bond acceptors (Lipinski definition) is 6. The topological polar surface area (TPSA) is 64.3 Å². The third-order valence-corrected chi connectivity index (χ3v) is 5.72. The van der Waals surface area contributed by atoms with Gasteiger partial charge in [0.2, 0.25) is 5.28 Å². The Bertz CT molecular complexity index is 1190. The van der Waals surface area contributed by atoms with Gasteiger partial charge in [0.05, 0.1) is 30.5 Å². The molecule has 0 amide bonds. The number of hydrogen-bond donors (Lipinski definition) is 0. The summed E-state index contributed by atoms with van der Waals surface area (Å²) in [6.07, 6.45) is 0. The van der Waals surface area contributed by atoms with E-state index in [-0.39, 0.29) is 11.3 Å². The number of aromatic nitrogens is 3. The van der Waals surface area contributed by atoms with Crippen molar-refractivity contribution in [2.45, 2.75) is 19.9 Å². The van der Waals surface area contributed by atoms with Crippen molar-refractivity contribution in [2.24, 2.45) is 0 Å². The van der Waals surface area contributed by atoms with Crippen molar-refractivity contribution in [1.82, 2.24) is 15.1 Å². The van der Waals surface area contributed by atoms with Gasteiger partial charge in [0.15, 0.2) is 0 Å². The Labute approximate surface area is 179 Å². The van der Waals surface area contributed by atoms with Crippen LogP contribution in [0.5, 0.6) is 0 Å². The summed E-state index contributed by atoms with van der Waals surface area (Å²) < 4.78 is 11.2. The van der Waals surface area contributed by atoms with Crippen LogP contribution in [-0.2, 0) is 4.74 Å². The highest BCUT2D eigenvalue weighted by molar-refractivity contribution is 6.28. The van der Waals surface area contributed by atoms with E-state index in [2.05, 4.69) is 38.2 Å². The highest BCUT2D eigenvalue weighted by Gasteiger charge is 2.28. The fraction of sp³-hybridized carbons (Fsp3) is 0.261. The minimum absolute atomic E-state index is 0.0526. The molecule has 1 aliphatic heterocycles. The summed E-state index contributed by atoms with van der Waals surface area (Å²) in [5.41, 5.74) is 4.87. The van der Waals surface area contributed by atoms with Gasteiger partial charge >= 0.3 is 0 Å². The van der Waals surface area contributed by atoms with Crippen LogP contribution in [-0.4, -0.2) is 34.9 Å². The summed E-state index contributed by atoms with van der Waals surface area (Å²) in [6, 6.07) is 16.5. The first-order chi connectivity index (χ1) is 14.6. The molecule has 0 radical (unpaired) electrons. The molecule has 0 N–H and O–H groups in total. The Balaban J connectivity index is 1.68. The second-order valence-corrected chi connectivity index (χ2v) is 7.78. The van der Waals surface area contributed by atoms with Crippen LogP contribution in [0.15, 0.2) is 53.1 Å². The van der Waals surface area contributed by atoms with Gasteiger partial charge in [-0.25, -0.2) is 4.98 Å². The highest BCUT2D eigenvalue weighted by Crippen LogP contribution is 2.36. The number of ether oxygens (including phenoxy) is 1. The van der Waals surface area contributed by atoms with Crippen LogP contribution >= 0.6 is 11.6 Å². The molecule has 1 atom stereocenters. The van der Waals surface area contributed by atoms with Gasteiger partial charge in [0.25, 0.3) is 0 Å². The average Bonchev–Trinajstić information content (AvgIpc) is 3.11. The third-order valence-electron chi connectivity index (χ3n) is 5.56. The number of nitrogens with zero attached hydrogens (tertiary/aromatic N) is 4. The summed E-state index contributed by atoms with van der Waals surface area (Å²) in [5.74, 6) is 1.60. The maximum absolute atomic E-state index is 6.32. The quantitative estimate of drug-likeness (QED) is 0.428. The van der Waals surface area contributed by atoms with E-state index < -0.39 is 0 Å². The van der Waals surface area contributed by atoms with Crippen LogP contribution in [0.2, 0.25) is 5.28 Å². The van der Waals surface area contributed by atoms with Crippen LogP contribution in [0, 0.1) is 13.8 Å². The Morgan fingerprint density at radius 2 is 1.90 bits per heavy atom. The van der Waals surface area contributed by atoms with Crippen molar-refractivity contribution < 1.29 is 9.26 Å². The lowest BCUT2D eigenvalue weighted by atomic mass is 10.0. The molecule has 0 unspecified atom stereocenters. The first-order valence-electron chi connectivity index (χ1n) is 9.91. The molecule has 1 saturated heterocycles. The van der Waals surface area contributed by atoms with Crippen molar-refractivity contribution in [2.75, 3.05) is 24.7 Å². The monoisotopic (exact) mass is 420 g/mol. The lowest BCUT2D eigenvalue weighted by Gasteiger charge is -2.37. The SMILES string of the molecule is Cc1noc(C)c1-c1ccc2nc(Cl)nc(N3CCOC[C@@H]3c3ccccc3)c2c1. The van der Waals surface area contributed by atoms with E-state index in [4.69, 9.17) is 20.9 Å².